The zero-order valence-electron chi connectivity index (χ0n) is 19.0. The average Bonchev–Trinajstić information content (AvgIpc) is 3.18. The first-order valence-corrected chi connectivity index (χ1v) is 11.9. The molecule has 0 radical (unpaired) electrons. The topological polar surface area (TPSA) is 76.2 Å². The lowest BCUT2D eigenvalue weighted by molar-refractivity contribution is 0.0981. The summed E-state index contributed by atoms with van der Waals surface area (Å²) in [6.45, 7) is 2.02. The highest BCUT2D eigenvalue weighted by Crippen LogP contribution is 2.34. The van der Waals surface area contributed by atoms with Gasteiger partial charge in [-0.1, -0.05) is 18.2 Å². The van der Waals surface area contributed by atoms with Gasteiger partial charge < -0.3 is 14.4 Å². The van der Waals surface area contributed by atoms with Crippen molar-refractivity contribution in [1.29, 1.82) is 0 Å². The number of rotatable bonds is 6. The number of sulfonamides is 1. The van der Waals surface area contributed by atoms with Gasteiger partial charge in [0.25, 0.3) is 15.9 Å². The van der Waals surface area contributed by atoms with E-state index in [1.54, 1.807) is 35.2 Å². The van der Waals surface area contributed by atoms with E-state index in [0.717, 1.165) is 17.7 Å². The second-order valence-electron chi connectivity index (χ2n) is 7.89. The van der Waals surface area contributed by atoms with E-state index in [0.29, 0.717) is 22.7 Å². The van der Waals surface area contributed by atoms with E-state index in [9.17, 15) is 13.2 Å². The van der Waals surface area contributed by atoms with Crippen molar-refractivity contribution in [2.24, 2.45) is 0 Å². The molecule has 0 aromatic heterocycles. The zero-order chi connectivity index (χ0) is 23.8. The van der Waals surface area contributed by atoms with Crippen LogP contribution in [0.25, 0.3) is 0 Å². The van der Waals surface area contributed by atoms with E-state index in [1.807, 2.05) is 31.2 Å². The second kappa shape index (κ2) is 8.78. The molecule has 1 atom stereocenters. The van der Waals surface area contributed by atoms with Crippen LogP contribution in [0.5, 0.6) is 11.5 Å². The van der Waals surface area contributed by atoms with Crippen LogP contribution in [0.1, 0.15) is 22.8 Å². The third-order valence-corrected chi connectivity index (χ3v) is 7.70. The third-order valence-electron chi connectivity index (χ3n) is 5.92. The van der Waals surface area contributed by atoms with Gasteiger partial charge in [-0.25, -0.2) is 8.42 Å². The minimum absolute atomic E-state index is 0.0580. The third kappa shape index (κ3) is 4.02. The minimum atomic E-state index is -3.84. The first-order valence-electron chi connectivity index (χ1n) is 10.5. The summed E-state index contributed by atoms with van der Waals surface area (Å²) < 4.78 is 37.9. The van der Waals surface area contributed by atoms with Gasteiger partial charge in [0.1, 0.15) is 0 Å². The summed E-state index contributed by atoms with van der Waals surface area (Å²) in [5, 5.41) is 0. The summed E-state index contributed by atoms with van der Waals surface area (Å²) in [4.78, 5) is 15.1. The smallest absolute Gasteiger partial charge is 0.264 e. The first-order chi connectivity index (χ1) is 15.8. The molecule has 7 nitrogen and oxygen atoms in total. The van der Waals surface area contributed by atoms with Crippen LogP contribution < -0.4 is 18.7 Å². The number of hydrogen-bond donors (Lipinski definition) is 0. The lowest BCUT2D eigenvalue weighted by atomic mass is 10.1. The number of nitrogens with zero attached hydrogens (tertiary/aromatic N) is 2. The first kappa shape index (κ1) is 22.7. The fourth-order valence-electron chi connectivity index (χ4n) is 4.10. The summed E-state index contributed by atoms with van der Waals surface area (Å²) >= 11 is 0. The van der Waals surface area contributed by atoms with Crippen LogP contribution in [0.2, 0.25) is 0 Å². The van der Waals surface area contributed by atoms with Crippen molar-refractivity contribution in [3.8, 4) is 11.5 Å². The van der Waals surface area contributed by atoms with E-state index >= 15 is 0 Å². The molecule has 1 aliphatic rings. The van der Waals surface area contributed by atoms with Crippen molar-refractivity contribution in [3.63, 3.8) is 0 Å². The molecule has 3 aromatic rings. The SMILES string of the molecule is COc1ccc(S(=O)(=O)N(C)c2ccc(C(=O)N3c4ccccc4C[C@H]3C)cc2)cc1OC. The van der Waals surface area contributed by atoms with Crippen molar-refractivity contribution in [2.75, 3.05) is 30.5 Å². The van der Waals surface area contributed by atoms with E-state index < -0.39 is 10.0 Å². The van der Waals surface area contributed by atoms with E-state index in [1.165, 1.54) is 37.7 Å². The van der Waals surface area contributed by atoms with Gasteiger partial charge in [0.2, 0.25) is 0 Å². The molecular formula is C25H26N2O5S. The molecule has 172 valence electrons. The molecule has 0 saturated carbocycles. The highest BCUT2D eigenvalue weighted by atomic mass is 32.2. The minimum Gasteiger partial charge on any atom is -0.493 e. The molecule has 0 aliphatic carbocycles. The van der Waals surface area contributed by atoms with Gasteiger partial charge >= 0.3 is 0 Å². The number of fused-ring (bicyclic) bond motifs is 1. The van der Waals surface area contributed by atoms with E-state index in [2.05, 4.69) is 0 Å². The van der Waals surface area contributed by atoms with Crippen LogP contribution in [-0.2, 0) is 16.4 Å². The number of anilines is 2. The quantitative estimate of drug-likeness (QED) is 0.546. The molecule has 0 bridgehead atoms. The maximum Gasteiger partial charge on any atom is 0.264 e. The van der Waals surface area contributed by atoms with Crippen LogP contribution in [0, 0.1) is 0 Å². The van der Waals surface area contributed by atoms with Crippen molar-refractivity contribution >= 4 is 27.3 Å². The van der Waals surface area contributed by atoms with Gasteiger partial charge in [-0.3, -0.25) is 9.10 Å². The van der Waals surface area contributed by atoms with Crippen LogP contribution in [0.15, 0.2) is 71.6 Å². The maximum atomic E-state index is 13.2. The van der Waals surface area contributed by atoms with E-state index in [4.69, 9.17) is 9.47 Å². The molecule has 0 saturated heterocycles. The number of para-hydroxylation sites is 1. The van der Waals surface area contributed by atoms with Crippen molar-refractivity contribution in [1.82, 2.24) is 0 Å². The Labute approximate surface area is 194 Å². The standard InChI is InChI=1S/C25H26N2O5S/c1-17-15-19-7-5-6-8-22(19)27(17)25(28)18-9-11-20(12-10-18)26(2)33(29,30)21-13-14-23(31-3)24(16-21)32-4/h5-14,16-17H,15H2,1-4H3/t17-/m1/s1. The van der Waals surface area contributed by atoms with Gasteiger partial charge in [-0.15, -0.1) is 0 Å². The molecular weight excluding hydrogens is 440 g/mol. The summed E-state index contributed by atoms with van der Waals surface area (Å²) in [5.74, 6) is 0.664. The highest BCUT2D eigenvalue weighted by molar-refractivity contribution is 7.92. The Morgan fingerprint density at radius 1 is 0.970 bits per heavy atom. The highest BCUT2D eigenvalue weighted by Gasteiger charge is 2.31. The summed E-state index contributed by atoms with van der Waals surface area (Å²) in [6, 6.07) is 19.0. The van der Waals surface area contributed by atoms with Gasteiger partial charge in [-0.05, 0) is 61.4 Å². The van der Waals surface area contributed by atoms with Crippen LogP contribution in [-0.4, -0.2) is 41.6 Å². The maximum absolute atomic E-state index is 13.2. The summed E-state index contributed by atoms with van der Waals surface area (Å²) in [7, 11) is 0.569. The Bertz CT molecular complexity index is 1290. The van der Waals surface area contributed by atoms with Crippen molar-refractivity contribution < 1.29 is 22.7 Å². The molecule has 0 spiro atoms. The van der Waals surface area contributed by atoms with Gasteiger partial charge in [0, 0.05) is 30.4 Å². The predicted octanol–water partition coefficient (Wildman–Crippen LogP) is 4.12. The predicted molar refractivity (Wildman–Crippen MR) is 128 cm³/mol. The molecule has 0 N–H and O–H groups in total. The van der Waals surface area contributed by atoms with Crippen molar-refractivity contribution in [3.05, 3.63) is 77.9 Å². The Morgan fingerprint density at radius 2 is 1.64 bits per heavy atom. The molecule has 1 amide bonds. The fraction of sp³-hybridized carbons (Fsp3) is 0.240. The molecule has 0 fully saturated rings. The van der Waals surface area contributed by atoms with Gasteiger partial charge in [0.05, 0.1) is 24.8 Å². The fourth-order valence-corrected chi connectivity index (χ4v) is 5.31. The Kier molecular flexibility index (Phi) is 6.03. The number of carbonyl (C=O) groups excluding carboxylic acids is 1. The second-order valence-corrected chi connectivity index (χ2v) is 9.86. The average molecular weight is 467 g/mol. The molecule has 3 aromatic carbocycles. The number of carbonyl (C=O) groups is 1. The van der Waals surface area contributed by atoms with Crippen LogP contribution >= 0.6 is 0 Å². The molecule has 1 aliphatic heterocycles. The number of amides is 1. The van der Waals surface area contributed by atoms with Crippen molar-refractivity contribution in [2.45, 2.75) is 24.3 Å². The molecule has 0 unspecified atom stereocenters. The summed E-state index contributed by atoms with van der Waals surface area (Å²) in [5.41, 5.74) is 3.01. The Morgan fingerprint density at radius 3 is 2.30 bits per heavy atom. The largest absolute Gasteiger partial charge is 0.493 e. The van der Waals surface area contributed by atoms with Gasteiger partial charge in [0.15, 0.2) is 11.5 Å². The Balaban J connectivity index is 1.59. The van der Waals surface area contributed by atoms with Crippen LogP contribution in [0.4, 0.5) is 11.4 Å². The summed E-state index contributed by atoms with van der Waals surface area (Å²) in [6.07, 6.45) is 0.812. The number of hydrogen-bond acceptors (Lipinski definition) is 5. The number of methoxy groups -OCH3 is 2. The van der Waals surface area contributed by atoms with Gasteiger partial charge in [-0.2, -0.15) is 0 Å². The number of benzene rings is 3. The lowest BCUT2D eigenvalue weighted by Gasteiger charge is -2.24. The molecule has 33 heavy (non-hydrogen) atoms. The molecule has 4 rings (SSSR count). The monoisotopic (exact) mass is 466 g/mol. The molecule has 8 heteroatoms. The zero-order valence-corrected chi connectivity index (χ0v) is 19.8. The van der Waals surface area contributed by atoms with E-state index in [-0.39, 0.29) is 16.8 Å². The normalized spacial score (nSPS) is 15.2. The lowest BCUT2D eigenvalue weighted by Crippen LogP contribution is -2.35. The Hall–Kier alpha value is -3.52. The van der Waals surface area contributed by atoms with Crippen LogP contribution in [0.3, 0.4) is 0 Å². The molecule has 1 heterocycles. The number of ether oxygens (including phenoxy) is 2.